The van der Waals surface area contributed by atoms with Gasteiger partial charge in [-0.2, -0.15) is 0 Å². The molecule has 1 fully saturated rings. The molecular weight excluding hydrogens is 234 g/mol. The molecule has 1 aliphatic rings. The maximum Gasteiger partial charge on any atom is 0.0570 e. The van der Waals surface area contributed by atoms with E-state index in [0.717, 1.165) is 5.69 Å². The molecule has 0 bridgehead atoms. The van der Waals surface area contributed by atoms with Gasteiger partial charge in [-0.3, -0.25) is 4.98 Å². The Balaban J connectivity index is 1.86. The van der Waals surface area contributed by atoms with Gasteiger partial charge in [-0.05, 0) is 65.3 Å². The number of likely N-dealkylation sites (tertiary alicyclic amines) is 1. The Bertz CT molecular complexity index is 364. The van der Waals surface area contributed by atoms with Gasteiger partial charge in [-0.1, -0.05) is 6.07 Å². The van der Waals surface area contributed by atoms with Crippen molar-refractivity contribution in [3.05, 3.63) is 30.1 Å². The Morgan fingerprint density at radius 3 is 2.74 bits per heavy atom. The molecule has 0 aromatic carbocycles. The van der Waals surface area contributed by atoms with Gasteiger partial charge in [0.15, 0.2) is 0 Å². The first-order valence-corrected chi connectivity index (χ1v) is 7.58. The lowest BCUT2D eigenvalue weighted by molar-refractivity contribution is 0.228. The van der Waals surface area contributed by atoms with Crippen LogP contribution < -0.4 is 5.32 Å². The zero-order chi connectivity index (χ0) is 13.7. The monoisotopic (exact) mass is 261 g/mol. The van der Waals surface area contributed by atoms with Crippen molar-refractivity contribution in [3.8, 4) is 0 Å². The van der Waals surface area contributed by atoms with E-state index in [1.54, 1.807) is 0 Å². The molecule has 0 radical (unpaired) electrons. The van der Waals surface area contributed by atoms with Gasteiger partial charge >= 0.3 is 0 Å². The highest BCUT2D eigenvalue weighted by Crippen LogP contribution is 2.17. The minimum absolute atomic E-state index is 0.344. The largest absolute Gasteiger partial charge is 0.306 e. The molecule has 0 amide bonds. The fourth-order valence-electron chi connectivity index (χ4n) is 2.87. The van der Waals surface area contributed by atoms with Crippen molar-refractivity contribution in [1.29, 1.82) is 0 Å². The zero-order valence-electron chi connectivity index (χ0n) is 12.5. The number of pyridine rings is 1. The summed E-state index contributed by atoms with van der Waals surface area (Å²) >= 11 is 0. The Labute approximate surface area is 117 Å². The number of rotatable bonds is 4. The number of aromatic nitrogens is 1. The lowest BCUT2D eigenvalue weighted by Gasteiger charge is -2.25. The van der Waals surface area contributed by atoms with Crippen LogP contribution in [0.1, 0.15) is 51.8 Å². The normalized spacial score (nSPS) is 23.3. The third-order valence-electron chi connectivity index (χ3n) is 4.11. The molecule has 1 unspecified atom stereocenters. The molecule has 106 valence electrons. The van der Waals surface area contributed by atoms with Crippen LogP contribution in [-0.4, -0.2) is 35.1 Å². The van der Waals surface area contributed by atoms with Crippen LogP contribution in [0.25, 0.3) is 0 Å². The van der Waals surface area contributed by atoms with Crippen molar-refractivity contribution in [3.63, 3.8) is 0 Å². The van der Waals surface area contributed by atoms with E-state index in [1.807, 2.05) is 12.3 Å². The number of hydrogen-bond acceptors (Lipinski definition) is 3. The average Bonchev–Trinajstić information content (AvgIpc) is 2.65. The summed E-state index contributed by atoms with van der Waals surface area (Å²) in [7, 11) is 0. The predicted octanol–water partition coefficient (Wildman–Crippen LogP) is 3.00. The Morgan fingerprint density at radius 2 is 2.05 bits per heavy atom. The van der Waals surface area contributed by atoms with E-state index < -0.39 is 0 Å². The summed E-state index contributed by atoms with van der Waals surface area (Å²) in [4.78, 5) is 7.03. The first-order chi connectivity index (χ1) is 9.16. The summed E-state index contributed by atoms with van der Waals surface area (Å²) in [6.07, 6.45) is 5.70. The molecule has 0 aliphatic carbocycles. The molecule has 2 rings (SSSR count). The number of hydrogen-bond donors (Lipinski definition) is 1. The van der Waals surface area contributed by atoms with Crippen LogP contribution in [0.5, 0.6) is 0 Å². The standard InChI is InChI=1S/C16H27N3/c1-13(2)19-11-6-7-15(9-12-19)18-14(3)16-8-4-5-10-17-16/h4-5,8,10,13-15,18H,6-7,9,11-12H2,1-3H3/t14-,15?/m0/s1. The van der Waals surface area contributed by atoms with Crippen molar-refractivity contribution < 1.29 is 0 Å². The van der Waals surface area contributed by atoms with Crippen molar-refractivity contribution in [2.45, 2.75) is 58.2 Å². The smallest absolute Gasteiger partial charge is 0.0570 e. The van der Waals surface area contributed by atoms with Crippen molar-refractivity contribution >= 4 is 0 Å². The van der Waals surface area contributed by atoms with Crippen molar-refractivity contribution in [2.75, 3.05) is 13.1 Å². The summed E-state index contributed by atoms with van der Waals surface area (Å²) in [5.41, 5.74) is 1.15. The number of nitrogens with zero attached hydrogens (tertiary/aromatic N) is 2. The van der Waals surface area contributed by atoms with Crippen LogP contribution in [0.4, 0.5) is 0 Å². The summed E-state index contributed by atoms with van der Waals surface area (Å²) in [6.45, 7) is 9.26. The van der Waals surface area contributed by atoms with Gasteiger partial charge < -0.3 is 10.2 Å². The molecule has 3 nitrogen and oxygen atoms in total. The third kappa shape index (κ3) is 4.29. The van der Waals surface area contributed by atoms with E-state index in [0.29, 0.717) is 18.1 Å². The second-order valence-corrected chi connectivity index (χ2v) is 5.90. The Hall–Kier alpha value is -0.930. The van der Waals surface area contributed by atoms with Crippen LogP contribution in [0.2, 0.25) is 0 Å². The molecule has 0 spiro atoms. The quantitative estimate of drug-likeness (QED) is 0.903. The second-order valence-electron chi connectivity index (χ2n) is 5.90. The molecule has 1 aliphatic heterocycles. The van der Waals surface area contributed by atoms with Crippen LogP contribution in [0, 0.1) is 0 Å². The predicted molar refractivity (Wildman–Crippen MR) is 80.1 cm³/mol. The van der Waals surface area contributed by atoms with Gasteiger partial charge in [0.2, 0.25) is 0 Å². The fourth-order valence-corrected chi connectivity index (χ4v) is 2.87. The van der Waals surface area contributed by atoms with Crippen molar-refractivity contribution in [2.24, 2.45) is 0 Å². The van der Waals surface area contributed by atoms with Gasteiger partial charge in [0.25, 0.3) is 0 Å². The van der Waals surface area contributed by atoms with E-state index in [-0.39, 0.29) is 0 Å². The fraction of sp³-hybridized carbons (Fsp3) is 0.688. The van der Waals surface area contributed by atoms with E-state index in [2.05, 4.69) is 48.1 Å². The molecule has 2 atom stereocenters. The van der Waals surface area contributed by atoms with Gasteiger partial charge in [-0.25, -0.2) is 0 Å². The SMILES string of the molecule is CC(C)N1CCCC(N[C@@H](C)c2ccccn2)CC1. The lowest BCUT2D eigenvalue weighted by atomic mass is 10.1. The maximum absolute atomic E-state index is 4.44. The average molecular weight is 261 g/mol. The molecule has 1 aromatic rings. The lowest BCUT2D eigenvalue weighted by Crippen LogP contribution is -2.35. The highest BCUT2D eigenvalue weighted by Gasteiger charge is 2.20. The van der Waals surface area contributed by atoms with Crippen molar-refractivity contribution in [1.82, 2.24) is 15.2 Å². The van der Waals surface area contributed by atoms with Gasteiger partial charge in [0.1, 0.15) is 0 Å². The van der Waals surface area contributed by atoms with Crippen LogP contribution in [-0.2, 0) is 0 Å². The van der Waals surface area contributed by atoms with Gasteiger partial charge in [0, 0.05) is 24.3 Å². The molecular formula is C16H27N3. The molecule has 1 saturated heterocycles. The van der Waals surface area contributed by atoms with Crippen LogP contribution >= 0.6 is 0 Å². The van der Waals surface area contributed by atoms with Crippen LogP contribution in [0.3, 0.4) is 0 Å². The highest BCUT2D eigenvalue weighted by atomic mass is 15.2. The first-order valence-electron chi connectivity index (χ1n) is 7.58. The molecule has 0 saturated carbocycles. The summed E-state index contributed by atoms with van der Waals surface area (Å²) in [5, 5.41) is 3.75. The minimum atomic E-state index is 0.344. The molecule has 1 N–H and O–H groups in total. The third-order valence-corrected chi connectivity index (χ3v) is 4.11. The molecule has 19 heavy (non-hydrogen) atoms. The Morgan fingerprint density at radius 1 is 1.21 bits per heavy atom. The maximum atomic E-state index is 4.44. The zero-order valence-corrected chi connectivity index (χ0v) is 12.5. The Kier molecular flexibility index (Phi) is 5.34. The van der Waals surface area contributed by atoms with Gasteiger partial charge in [-0.15, -0.1) is 0 Å². The highest BCUT2D eigenvalue weighted by molar-refractivity contribution is 5.07. The summed E-state index contributed by atoms with van der Waals surface area (Å²) in [5.74, 6) is 0. The molecule has 3 heteroatoms. The first kappa shape index (κ1) is 14.5. The summed E-state index contributed by atoms with van der Waals surface area (Å²) in [6, 6.07) is 7.79. The molecule has 2 heterocycles. The minimum Gasteiger partial charge on any atom is -0.306 e. The van der Waals surface area contributed by atoms with E-state index >= 15 is 0 Å². The topological polar surface area (TPSA) is 28.2 Å². The van der Waals surface area contributed by atoms with E-state index in [4.69, 9.17) is 0 Å². The van der Waals surface area contributed by atoms with Gasteiger partial charge in [0.05, 0.1) is 5.69 Å². The second kappa shape index (κ2) is 7.01. The van der Waals surface area contributed by atoms with Crippen LogP contribution in [0.15, 0.2) is 24.4 Å². The summed E-state index contributed by atoms with van der Waals surface area (Å²) < 4.78 is 0. The number of nitrogens with one attached hydrogen (secondary N) is 1. The van der Waals surface area contributed by atoms with E-state index in [9.17, 15) is 0 Å². The van der Waals surface area contributed by atoms with E-state index in [1.165, 1.54) is 32.4 Å². The molecule has 1 aromatic heterocycles.